The summed E-state index contributed by atoms with van der Waals surface area (Å²) in [6.07, 6.45) is 0.144. The molecule has 0 unspecified atom stereocenters. The smallest absolute Gasteiger partial charge is 0.170 e. The first kappa shape index (κ1) is 18.8. The molecule has 2 aromatic carbocycles. The molecule has 0 aromatic heterocycles. The number of anilines is 1. The molecule has 1 aliphatic rings. The van der Waals surface area contributed by atoms with Gasteiger partial charge in [-0.3, -0.25) is 4.90 Å². The van der Waals surface area contributed by atoms with Crippen LogP contribution in [0.2, 0.25) is 0 Å². The fourth-order valence-corrected chi connectivity index (χ4v) is 3.33. The lowest BCUT2D eigenvalue weighted by molar-refractivity contribution is -0.0279. The molecule has 2 N–H and O–H groups in total. The Balaban J connectivity index is 1.46. The number of morpholine rings is 1. The van der Waals surface area contributed by atoms with Crippen molar-refractivity contribution in [1.82, 2.24) is 10.2 Å². The molecule has 3 rings (SSSR count). The van der Waals surface area contributed by atoms with E-state index in [0.717, 1.165) is 31.9 Å². The number of thiocarbonyl (C=S) groups is 1. The number of benzene rings is 2. The number of hydrogen-bond donors (Lipinski definition) is 2. The minimum absolute atomic E-state index is 0.144. The Bertz CT molecular complexity index is 735. The molecule has 1 aliphatic heterocycles. The molecule has 1 atom stereocenters. The highest BCUT2D eigenvalue weighted by molar-refractivity contribution is 7.80. The summed E-state index contributed by atoms with van der Waals surface area (Å²) in [5.74, 6) is 0. The Labute approximate surface area is 161 Å². The van der Waals surface area contributed by atoms with Crippen LogP contribution in [-0.2, 0) is 11.3 Å². The van der Waals surface area contributed by atoms with Gasteiger partial charge in [0.2, 0.25) is 0 Å². The summed E-state index contributed by atoms with van der Waals surface area (Å²) in [6, 6.07) is 16.9. The zero-order valence-electron chi connectivity index (χ0n) is 15.5. The van der Waals surface area contributed by atoms with Crippen molar-refractivity contribution in [2.75, 3.05) is 31.6 Å². The summed E-state index contributed by atoms with van der Waals surface area (Å²) in [5.41, 5.74) is 4.79. The van der Waals surface area contributed by atoms with Crippen molar-refractivity contribution in [3.05, 3.63) is 65.2 Å². The summed E-state index contributed by atoms with van der Waals surface area (Å²) >= 11 is 5.45. The molecule has 1 saturated heterocycles. The maximum Gasteiger partial charge on any atom is 0.170 e. The van der Waals surface area contributed by atoms with Gasteiger partial charge in [0.25, 0.3) is 0 Å². The predicted octanol–water partition coefficient (Wildman–Crippen LogP) is 3.49. The minimum Gasteiger partial charge on any atom is -0.374 e. The monoisotopic (exact) mass is 369 g/mol. The second kappa shape index (κ2) is 9.12. The molecule has 1 heterocycles. The van der Waals surface area contributed by atoms with Gasteiger partial charge in [-0.05, 0) is 48.8 Å². The zero-order valence-corrected chi connectivity index (χ0v) is 16.3. The van der Waals surface area contributed by atoms with E-state index in [0.29, 0.717) is 11.7 Å². The zero-order chi connectivity index (χ0) is 18.4. The van der Waals surface area contributed by atoms with E-state index in [-0.39, 0.29) is 6.10 Å². The molecule has 0 saturated carbocycles. The highest BCUT2D eigenvalue weighted by Gasteiger charge is 2.20. The van der Waals surface area contributed by atoms with Crippen LogP contribution in [0.5, 0.6) is 0 Å². The summed E-state index contributed by atoms with van der Waals surface area (Å²) in [5, 5.41) is 7.23. The summed E-state index contributed by atoms with van der Waals surface area (Å²) in [6.45, 7) is 8.48. The normalized spacial score (nSPS) is 17.7. The molecular formula is C21H27N3OS. The van der Waals surface area contributed by atoms with Crippen molar-refractivity contribution in [1.29, 1.82) is 0 Å². The lowest BCUT2D eigenvalue weighted by Crippen LogP contribution is -2.47. The Hall–Kier alpha value is -1.95. The van der Waals surface area contributed by atoms with E-state index in [2.05, 4.69) is 77.9 Å². The van der Waals surface area contributed by atoms with Gasteiger partial charge in [-0.1, -0.05) is 42.5 Å². The van der Waals surface area contributed by atoms with Gasteiger partial charge in [0.15, 0.2) is 5.11 Å². The van der Waals surface area contributed by atoms with Crippen LogP contribution in [-0.4, -0.2) is 42.4 Å². The fourth-order valence-electron chi connectivity index (χ4n) is 3.13. The summed E-state index contributed by atoms with van der Waals surface area (Å²) in [4.78, 5) is 2.44. The largest absolute Gasteiger partial charge is 0.374 e. The molecule has 0 bridgehead atoms. The van der Waals surface area contributed by atoms with Crippen LogP contribution in [0.15, 0.2) is 48.5 Å². The van der Waals surface area contributed by atoms with Crippen LogP contribution >= 0.6 is 12.2 Å². The van der Waals surface area contributed by atoms with Crippen molar-refractivity contribution in [3.63, 3.8) is 0 Å². The van der Waals surface area contributed by atoms with Crippen molar-refractivity contribution < 1.29 is 4.74 Å². The molecular weight excluding hydrogens is 342 g/mol. The lowest BCUT2D eigenvalue weighted by atomic mass is 10.1. The number of rotatable bonds is 5. The Kier molecular flexibility index (Phi) is 6.61. The second-order valence-corrected chi connectivity index (χ2v) is 7.28. The van der Waals surface area contributed by atoms with Gasteiger partial charge >= 0.3 is 0 Å². The molecule has 0 amide bonds. The van der Waals surface area contributed by atoms with Crippen LogP contribution in [0.4, 0.5) is 5.69 Å². The standard InChI is InChI=1S/C21H27N3OS/c1-16-8-9-17(2)20(12-16)23-21(26)22-13-19-15-24(10-11-25-19)14-18-6-4-3-5-7-18/h3-9,12,19H,10-11,13-15H2,1-2H3,(H2,22,23,26)/t19-/m1/s1. The van der Waals surface area contributed by atoms with Crippen LogP contribution in [0.3, 0.4) is 0 Å². The van der Waals surface area contributed by atoms with E-state index >= 15 is 0 Å². The Morgan fingerprint density at radius 3 is 2.81 bits per heavy atom. The summed E-state index contributed by atoms with van der Waals surface area (Å²) < 4.78 is 5.90. The van der Waals surface area contributed by atoms with E-state index in [1.807, 2.05) is 0 Å². The van der Waals surface area contributed by atoms with E-state index in [4.69, 9.17) is 17.0 Å². The van der Waals surface area contributed by atoms with Crippen molar-refractivity contribution in [2.24, 2.45) is 0 Å². The first-order valence-electron chi connectivity index (χ1n) is 9.10. The third-order valence-electron chi connectivity index (χ3n) is 4.60. The maximum atomic E-state index is 5.90. The number of nitrogens with zero attached hydrogens (tertiary/aromatic N) is 1. The molecule has 1 fully saturated rings. The quantitative estimate of drug-likeness (QED) is 0.789. The molecule has 4 nitrogen and oxygen atoms in total. The number of hydrogen-bond acceptors (Lipinski definition) is 3. The lowest BCUT2D eigenvalue weighted by Gasteiger charge is -2.33. The fraction of sp³-hybridized carbons (Fsp3) is 0.381. The van der Waals surface area contributed by atoms with Gasteiger partial charge in [0, 0.05) is 31.9 Å². The van der Waals surface area contributed by atoms with Crippen molar-refractivity contribution in [3.8, 4) is 0 Å². The Morgan fingerprint density at radius 1 is 1.19 bits per heavy atom. The van der Waals surface area contributed by atoms with Gasteiger partial charge < -0.3 is 15.4 Å². The average Bonchev–Trinajstić information content (AvgIpc) is 2.64. The van der Waals surface area contributed by atoms with E-state index in [9.17, 15) is 0 Å². The van der Waals surface area contributed by atoms with Crippen LogP contribution < -0.4 is 10.6 Å². The second-order valence-electron chi connectivity index (χ2n) is 6.87. The van der Waals surface area contributed by atoms with E-state index < -0.39 is 0 Å². The van der Waals surface area contributed by atoms with Crippen LogP contribution in [0, 0.1) is 13.8 Å². The van der Waals surface area contributed by atoms with Gasteiger partial charge in [0.05, 0.1) is 12.7 Å². The molecule has 0 spiro atoms. The SMILES string of the molecule is Cc1ccc(C)c(NC(=S)NC[C@@H]2CN(Cc3ccccc3)CCO2)c1. The number of aryl methyl sites for hydroxylation is 2. The third kappa shape index (κ3) is 5.53. The topological polar surface area (TPSA) is 36.5 Å². The molecule has 138 valence electrons. The maximum absolute atomic E-state index is 5.90. The Morgan fingerprint density at radius 2 is 2.00 bits per heavy atom. The molecule has 2 aromatic rings. The van der Waals surface area contributed by atoms with Gasteiger partial charge in [0.1, 0.15) is 0 Å². The first-order chi connectivity index (χ1) is 12.6. The molecule has 26 heavy (non-hydrogen) atoms. The highest BCUT2D eigenvalue weighted by atomic mass is 32.1. The van der Waals surface area contributed by atoms with Crippen LogP contribution in [0.25, 0.3) is 0 Å². The molecule has 0 aliphatic carbocycles. The molecule has 5 heteroatoms. The van der Waals surface area contributed by atoms with Gasteiger partial charge in [-0.25, -0.2) is 0 Å². The molecule has 0 radical (unpaired) electrons. The first-order valence-corrected chi connectivity index (χ1v) is 9.51. The van der Waals surface area contributed by atoms with Crippen molar-refractivity contribution >= 4 is 23.0 Å². The van der Waals surface area contributed by atoms with Gasteiger partial charge in [-0.15, -0.1) is 0 Å². The highest BCUT2D eigenvalue weighted by Crippen LogP contribution is 2.16. The number of ether oxygens (including phenoxy) is 1. The third-order valence-corrected chi connectivity index (χ3v) is 4.85. The number of nitrogens with one attached hydrogen (secondary N) is 2. The van der Waals surface area contributed by atoms with Crippen LogP contribution in [0.1, 0.15) is 16.7 Å². The predicted molar refractivity (Wildman–Crippen MR) is 112 cm³/mol. The minimum atomic E-state index is 0.144. The van der Waals surface area contributed by atoms with E-state index in [1.54, 1.807) is 0 Å². The van der Waals surface area contributed by atoms with Gasteiger partial charge in [-0.2, -0.15) is 0 Å². The summed E-state index contributed by atoms with van der Waals surface area (Å²) in [7, 11) is 0. The van der Waals surface area contributed by atoms with Crippen molar-refractivity contribution in [2.45, 2.75) is 26.5 Å². The van der Waals surface area contributed by atoms with E-state index in [1.165, 1.54) is 16.7 Å². The average molecular weight is 370 g/mol.